The van der Waals surface area contributed by atoms with Crippen LogP contribution in [0.5, 0.6) is 0 Å². The fourth-order valence-corrected chi connectivity index (χ4v) is 3.11. The maximum atomic E-state index is 12.2. The van der Waals surface area contributed by atoms with Crippen molar-refractivity contribution < 1.29 is 9.21 Å². The summed E-state index contributed by atoms with van der Waals surface area (Å²) in [5.41, 5.74) is 2.25. The van der Waals surface area contributed by atoms with Crippen molar-refractivity contribution in [3.8, 4) is 0 Å². The Kier molecular flexibility index (Phi) is 5.13. The Morgan fingerprint density at radius 3 is 2.61 bits per heavy atom. The molecule has 2 aromatic rings. The summed E-state index contributed by atoms with van der Waals surface area (Å²) in [4.78, 5) is 14.6. The quantitative estimate of drug-likeness (QED) is 0.891. The Balaban J connectivity index is 1.57. The van der Waals surface area contributed by atoms with E-state index in [0.717, 1.165) is 24.4 Å². The molecule has 1 saturated heterocycles. The molecule has 1 atom stereocenters. The molecular weight excluding hydrogens is 288 g/mol. The number of hydrogen-bond acceptors (Lipinski definition) is 3. The molecule has 1 fully saturated rings. The molecule has 0 spiro atoms. The molecule has 1 amide bonds. The fraction of sp³-hybridized carbons (Fsp3) is 0.421. The Bertz CT molecular complexity index is 613. The average molecular weight is 312 g/mol. The zero-order valence-electron chi connectivity index (χ0n) is 13.6. The number of aryl methyl sites for hydroxylation is 1. The van der Waals surface area contributed by atoms with Gasteiger partial charge in [-0.1, -0.05) is 29.8 Å². The largest absolute Gasteiger partial charge is 0.468 e. The molecule has 1 aliphatic rings. The Hall–Kier alpha value is -2.07. The lowest BCUT2D eigenvalue weighted by Gasteiger charge is -2.26. The minimum Gasteiger partial charge on any atom is -0.468 e. The smallest absolute Gasteiger partial charge is 0.224 e. The van der Waals surface area contributed by atoms with Gasteiger partial charge in [-0.05, 0) is 50.6 Å². The molecule has 1 N–H and O–H groups in total. The highest BCUT2D eigenvalue weighted by atomic mass is 16.3. The van der Waals surface area contributed by atoms with Gasteiger partial charge < -0.3 is 9.73 Å². The number of benzene rings is 1. The van der Waals surface area contributed by atoms with E-state index in [9.17, 15) is 4.79 Å². The van der Waals surface area contributed by atoms with E-state index in [1.807, 2.05) is 43.3 Å². The summed E-state index contributed by atoms with van der Waals surface area (Å²) in [6.07, 6.45) is 4.56. The van der Waals surface area contributed by atoms with Crippen molar-refractivity contribution in [2.24, 2.45) is 0 Å². The van der Waals surface area contributed by atoms with E-state index in [1.54, 1.807) is 6.26 Å². The number of amides is 1. The third-order valence-electron chi connectivity index (χ3n) is 4.43. The first kappa shape index (κ1) is 15.8. The van der Waals surface area contributed by atoms with Gasteiger partial charge in [-0.2, -0.15) is 0 Å². The molecule has 4 heteroatoms. The second-order valence-electron chi connectivity index (χ2n) is 6.24. The summed E-state index contributed by atoms with van der Waals surface area (Å²) in [5.74, 6) is 0.993. The van der Waals surface area contributed by atoms with Crippen LogP contribution >= 0.6 is 0 Å². The lowest BCUT2D eigenvalue weighted by molar-refractivity contribution is -0.120. The number of nitrogens with zero attached hydrogens (tertiary/aromatic N) is 1. The fourth-order valence-electron chi connectivity index (χ4n) is 3.11. The van der Waals surface area contributed by atoms with Gasteiger partial charge in [0.25, 0.3) is 0 Å². The maximum Gasteiger partial charge on any atom is 0.224 e. The molecule has 0 bridgehead atoms. The standard InChI is InChI=1S/C19H24N2O2/c1-15-6-8-16(9-7-15)13-19(22)20-14-17(18-5-4-12-23-18)21-10-2-3-11-21/h4-9,12,17H,2-3,10-11,13-14H2,1H3,(H,20,22)/t17-/m1/s1. The first-order valence-electron chi connectivity index (χ1n) is 8.32. The van der Waals surface area contributed by atoms with E-state index in [-0.39, 0.29) is 11.9 Å². The van der Waals surface area contributed by atoms with E-state index in [2.05, 4.69) is 10.2 Å². The molecule has 4 nitrogen and oxygen atoms in total. The zero-order chi connectivity index (χ0) is 16.1. The lowest BCUT2D eigenvalue weighted by Crippen LogP contribution is -2.37. The molecule has 0 unspecified atom stereocenters. The van der Waals surface area contributed by atoms with E-state index >= 15 is 0 Å². The highest BCUT2D eigenvalue weighted by molar-refractivity contribution is 5.78. The van der Waals surface area contributed by atoms with E-state index < -0.39 is 0 Å². The number of rotatable bonds is 6. The first-order chi connectivity index (χ1) is 11.2. The van der Waals surface area contributed by atoms with Gasteiger partial charge in [0.1, 0.15) is 5.76 Å². The Morgan fingerprint density at radius 1 is 1.22 bits per heavy atom. The topological polar surface area (TPSA) is 45.5 Å². The number of carbonyl (C=O) groups is 1. The van der Waals surface area contributed by atoms with Crippen LogP contribution in [0.4, 0.5) is 0 Å². The molecule has 2 heterocycles. The molecule has 0 radical (unpaired) electrons. The van der Waals surface area contributed by atoms with Crippen molar-refractivity contribution in [3.63, 3.8) is 0 Å². The van der Waals surface area contributed by atoms with Crippen LogP contribution in [0.3, 0.4) is 0 Å². The van der Waals surface area contributed by atoms with Crippen molar-refractivity contribution in [2.45, 2.75) is 32.2 Å². The van der Waals surface area contributed by atoms with Crippen LogP contribution in [0.25, 0.3) is 0 Å². The number of furan rings is 1. The van der Waals surface area contributed by atoms with Crippen molar-refractivity contribution >= 4 is 5.91 Å². The van der Waals surface area contributed by atoms with Crippen LogP contribution < -0.4 is 5.32 Å². The van der Waals surface area contributed by atoms with Gasteiger partial charge in [0, 0.05) is 6.54 Å². The second kappa shape index (κ2) is 7.47. The number of likely N-dealkylation sites (tertiary alicyclic amines) is 1. The highest BCUT2D eigenvalue weighted by Gasteiger charge is 2.25. The lowest BCUT2D eigenvalue weighted by atomic mass is 10.1. The summed E-state index contributed by atoms with van der Waals surface area (Å²) in [6.45, 7) is 4.78. The van der Waals surface area contributed by atoms with Crippen LogP contribution in [0.2, 0.25) is 0 Å². The minimum atomic E-state index is 0.0598. The van der Waals surface area contributed by atoms with Crippen molar-refractivity contribution in [3.05, 3.63) is 59.5 Å². The Morgan fingerprint density at radius 2 is 1.96 bits per heavy atom. The van der Waals surface area contributed by atoms with Gasteiger partial charge in [0.15, 0.2) is 0 Å². The third kappa shape index (κ3) is 4.23. The van der Waals surface area contributed by atoms with Gasteiger partial charge in [0.05, 0.1) is 18.7 Å². The maximum absolute atomic E-state index is 12.2. The molecule has 1 aromatic heterocycles. The summed E-state index contributed by atoms with van der Waals surface area (Å²) < 4.78 is 5.58. The van der Waals surface area contributed by atoms with E-state index in [0.29, 0.717) is 13.0 Å². The van der Waals surface area contributed by atoms with Crippen LogP contribution in [0.15, 0.2) is 47.1 Å². The van der Waals surface area contributed by atoms with Crippen LogP contribution in [-0.2, 0) is 11.2 Å². The number of nitrogens with one attached hydrogen (secondary N) is 1. The van der Waals surface area contributed by atoms with Crippen LogP contribution in [0.1, 0.15) is 35.8 Å². The van der Waals surface area contributed by atoms with E-state index in [4.69, 9.17) is 4.42 Å². The molecule has 1 aliphatic heterocycles. The van der Waals surface area contributed by atoms with Crippen molar-refractivity contribution in [2.75, 3.05) is 19.6 Å². The zero-order valence-corrected chi connectivity index (χ0v) is 13.6. The average Bonchev–Trinajstić information content (AvgIpc) is 3.24. The molecule has 1 aromatic carbocycles. The van der Waals surface area contributed by atoms with Gasteiger partial charge >= 0.3 is 0 Å². The highest BCUT2D eigenvalue weighted by Crippen LogP contribution is 2.24. The van der Waals surface area contributed by atoms with Crippen molar-refractivity contribution in [1.29, 1.82) is 0 Å². The Labute approximate surface area is 137 Å². The molecule has 23 heavy (non-hydrogen) atoms. The molecule has 122 valence electrons. The number of carbonyl (C=O) groups excluding carboxylic acids is 1. The van der Waals surface area contributed by atoms with E-state index in [1.165, 1.54) is 18.4 Å². The molecule has 0 saturated carbocycles. The predicted octanol–water partition coefficient (Wildman–Crippen LogP) is 3.08. The van der Waals surface area contributed by atoms with Gasteiger partial charge in [0.2, 0.25) is 5.91 Å². The molecule has 0 aliphatic carbocycles. The van der Waals surface area contributed by atoms with Gasteiger partial charge in [-0.3, -0.25) is 9.69 Å². The summed E-state index contributed by atoms with van der Waals surface area (Å²) in [7, 11) is 0. The van der Waals surface area contributed by atoms with Crippen molar-refractivity contribution in [1.82, 2.24) is 10.2 Å². The summed E-state index contributed by atoms with van der Waals surface area (Å²) in [5, 5.41) is 3.07. The third-order valence-corrected chi connectivity index (χ3v) is 4.43. The SMILES string of the molecule is Cc1ccc(CC(=O)NC[C@H](c2ccco2)N2CCCC2)cc1. The predicted molar refractivity (Wildman–Crippen MR) is 90.1 cm³/mol. The first-order valence-corrected chi connectivity index (χ1v) is 8.32. The summed E-state index contributed by atoms with van der Waals surface area (Å²) >= 11 is 0. The van der Waals surface area contributed by atoms with Gasteiger partial charge in [-0.15, -0.1) is 0 Å². The monoisotopic (exact) mass is 312 g/mol. The second-order valence-corrected chi connectivity index (χ2v) is 6.24. The minimum absolute atomic E-state index is 0.0598. The van der Waals surface area contributed by atoms with Crippen LogP contribution in [-0.4, -0.2) is 30.4 Å². The molecular formula is C19H24N2O2. The number of hydrogen-bond donors (Lipinski definition) is 1. The van der Waals surface area contributed by atoms with Gasteiger partial charge in [-0.25, -0.2) is 0 Å². The van der Waals surface area contributed by atoms with Crippen LogP contribution in [0, 0.1) is 6.92 Å². The molecule has 3 rings (SSSR count). The summed E-state index contributed by atoms with van der Waals surface area (Å²) in [6, 6.07) is 12.1. The normalized spacial score (nSPS) is 16.4.